The maximum Gasteiger partial charge on any atom is 0.335 e. The fourth-order valence-electron chi connectivity index (χ4n) is 3.70. The number of rotatable bonds is 13. The van der Waals surface area contributed by atoms with E-state index < -0.39 is 5.79 Å². The quantitative estimate of drug-likeness (QED) is 0.0418. The monoisotopic (exact) mass is 731 g/mol. The predicted octanol–water partition coefficient (Wildman–Crippen LogP) is 7.02. The fraction of sp³-hybridized carbons (Fsp3) is 0.615. The van der Waals surface area contributed by atoms with Crippen LogP contribution in [-0.2, 0) is 4.79 Å². The van der Waals surface area contributed by atoms with Gasteiger partial charge in [-0.15, -0.1) is 11.8 Å². The molecule has 10 nitrogen and oxygen atoms in total. The summed E-state index contributed by atoms with van der Waals surface area (Å²) >= 11 is 9.51. The molecule has 228 valence electrons. The van der Waals surface area contributed by atoms with Gasteiger partial charge in [-0.3, -0.25) is 19.2 Å². The Morgan fingerprint density at radius 2 is 2.02 bits per heavy atom. The summed E-state index contributed by atoms with van der Waals surface area (Å²) < 4.78 is 1.97. The number of thioether (sulfide) groups is 1. The van der Waals surface area contributed by atoms with Crippen molar-refractivity contribution in [2.24, 2.45) is 5.92 Å². The molecule has 40 heavy (non-hydrogen) atoms. The van der Waals surface area contributed by atoms with Gasteiger partial charge in [-0.05, 0) is 64.0 Å². The van der Waals surface area contributed by atoms with Crippen LogP contribution in [-0.4, -0.2) is 56.2 Å². The van der Waals surface area contributed by atoms with E-state index in [9.17, 15) is 14.9 Å². The normalized spacial score (nSPS) is 17.1. The number of hydrogen-bond donors (Lipinski definition) is 4. The highest BCUT2D eigenvalue weighted by molar-refractivity contribution is 14.2. The molecule has 1 aromatic heterocycles. The van der Waals surface area contributed by atoms with E-state index in [2.05, 4.69) is 50.3 Å². The third-order valence-electron chi connectivity index (χ3n) is 5.33. The van der Waals surface area contributed by atoms with E-state index in [-0.39, 0.29) is 40.3 Å². The molecule has 3 unspecified atom stereocenters. The molecule has 1 aliphatic rings. The topological polar surface area (TPSA) is 141 Å². The molecule has 0 spiro atoms. The van der Waals surface area contributed by atoms with E-state index >= 15 is 0 Å². The van der Waals surface area contributed by atoms with Crippen LogP contribution in [0.2, 0.25) is 0 Å². The molecule has 0 aliphatic heterocycles. The van der Waals surface area contributed by atoms with Crippen LogP contribution >= 0.6 is 53.7 Å². The number of amides is 1. The lowest BCUT2D eigenvalue weighted by Crippen LogP contribution is -2.31. The van der Waals surface area contributed by atoms with Crippen LogP contribution in [0, 0.1) is 16.0 Å². The minimum Gasteiger partial charge on any atom is -0.366 e. The molecule has 1 saturated carbocycles. The predicted molar refractivity (Wildman–Crippen MR) is 179 cm³/mol. The van der Waals surface area contributed by atoms with Gasteiger partial charge in [0.15, 0.2) is 5.79 Å². The van der Waals surface area contributed by atoms with Crippen molar-refractivity contribution in [3.63, 3.8) is 0 Å². The van der Waals surface area contributed by atoms with Gasteiger partial charge in [-0.2, -0.15) is 0 Å². The van der Waals surface area contributed by atoms with Crippen molar-refractivity contribution in [1.82, 2.24) is 10.3 Å². The van der Waals surface area contributed by atoms with Gasteiger partial charge in [0.1, 0.15) is 5.69 Å². The Morgan fingerprint density at radius 3 is 2.52 bits per heavy atom. The number of halogens is 2. The molecule has 14 heteroatoms. The van der Waals surface area contributed by atoms with Crippen LogP contribution in [0.25, 0.3) is 0 Å². The zero-order valence-corrected chi connectivity index (χ0v) is 28.6. The SMILES string of the molecule is C=C(Cl)/C=C\SCC(CC)N(SI)c1ccnc(NC2CCC(C(=O)NCC)C2)c1[N+](=O)[O-].CC.CC(C)(O)O. The molecule has 1 heterocycles. The van der Waals surface area contributed by atoms with E-state index in [4.69, 9.17) is 21.8 Å². The van der Waals surface area contributed by atoms with Crippen LogP contribution in [0.3, 0.4) is 0 Å². The number of aromatic nitrogens is 1. The smallest absolute Gasteiger partial charge is 0.335 e. The Hall–Kier alpha value is -1.26. The molecule has 1 amide bonds. The zero-order chi connectivity index (χ0) is 30.9. The average molecular weight is 732 g/mol. The number of anilines is 2. The molecule has 1 aromatic rings. The summed E-state index contributed by atoms with van der Waals surface area (Å²) in [6.45, 7) is 14.8. The number of nitrogens with one attached hydrogen (secondary N) is 2. The Bertz CT molecular complexity index is 962. The molecule has 1 fully saturated rings. The van der Waals surface area contributed by atoms with Crippen LogP contribution < -0.4 is 14.9 Å². The van der Waals surface area contributed by atoms with Gasteiger partial charge in [0.2, 0.25) is 11.7 Å². The first kappa shape index (κ1) is 38.7. The minimum absolute atomic E-state index is 0.0360. The number of carbonyl (C=O) groups excluding carboxylic acids is 1. The van der Waals surface area contributed by atoms with Crippen LogP contribution in [0.1, 0.15) is 67.2 Å². The van der Waals surface area contributed by atoms with E-state index in [0.717, 1.165) is 25.0 Å². The fourth-order valence-corrected chi connectivity index (χ4v) is 7.07. The average Bonchev–Trinajstić information content (AvgIpc) is 3.34. The molecule has 1 aliphatic carbocycles. The molecule has 0 aromatic carbocycles. The number of hydrogen-bond acceptors (Lipinski definition) is 10. The molecule has 0 radical (unpaired) electrons. The molecular weight excluding hydrogens is 689 g/mol. The summed E-state index contributed by atoms with van der Waals surface area (Å²) in [5.41, 5.74) is 0.463. The molecule has 0 bridgehead atoms. The maximum absolute atomic E-state index is 12.2. The Balaban J connectivity index is 0.00000195. The number of nitro groups is 1. The Morgan fingerprint density at radius 1 is 1.40 bits per heavy atom. The van der Waals surface area contributed by atoms with E-state index in [1.807, 2.05) is 30.5 Å². The van der Waals surface area contributed by atoms with Gasteiger partial charge in [-0.1, -0.05) is 39.0 Å². The van der Waals surface area contributed by atoms with Crippen molar-refractivity contribution < 1.29 is 19.9 Å². The summed E-state index contributed by atoms with van der Waals surface area (Å²) in [7, 11) is 1.42. The van der Waals surface area contributed by atoms with Gasteiger partial charge in [0.05, 0.1) is 11.0 Å². The summed E-state index contributed by atoms with van der Waals surface area (Å²) in [5, 5.41) is 36.7. The molecule has 4 N–H and O–H groups in total. The van der Waals surface area contributed by atoms with Crippen molar-refractivity contribution >= 4 is 76.8 Å². The summed E-state index contributed by atoms with van der Waals surface area (Å²) in [5.74, 6) is -0.563. The number of allylic oxidation sites excluding steroid dienone is 2. The highest BCUT2D eigenvalue weighted by Gasteiger charge is 2.33. The summed E-state index contributed by atoms with van der Waals surface area (Å²) in [4.78, 5) is 28.2. The van der Waals surface area contributed by atoms with E-state index in [1.165, 1.54) is 23.0 Å². The Labute approximate surface area is 264 Å². The minimum atomic E-state index is -1.50. The van der Waals surface area contributed by atoms with Gasteiger partial charge >= 0.3 is 5.69 Å². The number of carbonyl (C=O) groups is 1. The van der Waals surface area contributed by atoms with Gasteiger partial charge in [-0.25, -0.2) is 4.98 Å². The highest BCUT2D eigenvalue weighted by Crippen LogP contribution is 2.42. The lowest BCUT2D eigenvalue weighted by Gasteiger charge is -2.29. The maximum atomic E-state index is 12.2. The van der Waals surface area contributed by atoms with Crippen molar-refractivity contribution in [1.29, 1.82) is 0 Å². The van der Waals surface area contributed by atoms with E-state index in [1.54, 1.807) is 30.1 Å². The van der Waals surface area contributed by atoms with Crippen molar-refractivity contribution in [3.05, 3.63) is 45.5 Å². The van der Waals surface area contributed by atoms with Crippen molar-refractivity contribution in [2.75, 3.05) is 21.9 Å². The third-order valence-corrected chi connectivity index (χ3v) is 8.28. The van der Waals surface area contributed by atoms with Gasteiger partial charge in [0, 0.05) is 65.8 Å². The van der Waals surface area contributed by atoms with Crippen LogP contribution in [0.15, 0.2) is 35.4 Å². The first-order valence-corrected chi connectivity index (χ1v) is 17.9. The second kappa shape index (κ2) is 20.6. The van der Waals surface area contributed by atoms with Crippen molar-refractivity contribution in [2.45, 2.75) is 85.1 Å². The zero-order valence-electron chi connectivity index (χ0n) is 24.0. The first-order valence-electron chi connectivity index (χ1n) is 13.1. The lowest BCUT2D eigenvalue weighted by atomic mass is 10.1. The third kappa shape index (κ3) is 15.1. The molecule has 0 saturated heterocycles. The second-order valence-corrected chi connectivity index (χ2v) is 12.2. The van der Waals surface area contributed by atoms with Crippen LogP contribution in [0.4, 0.5) is 17.2 Å². The Kier molecular flexibility index (Phi) is 19.9. The van der Waals surface area contributed by atoms with Gasteiger partial charge in [0.25, 0.3) is 0 Å². The van der Waals surface area contributed by atoms with Crippen molar-refractivity contribution in [3.8, 4) is 0 Å². The second-order valence-electron chi connectivity index (χ2n) is 9.06. The highest BCUT2D eigenvalue weighted by atomic mass is 127. The first-order chi connectivity index (χ1) is 18.8. The molecular formula is C26H43ClIN5O5S2. The van der Waals surface area contributed by atoms with E-state index in [0.29, 0.717) is 23.7 Å². The summed E-state index contributed by atoms with van der Waals surface area (Å²) in [6.07, 6.45) is 6.28. The van der Waals surface area contributed by atoms with Gasteiger partial charge < -0.3 is 20.8 Å². The standard InChI is InChI=1S/C21H29ClIN5O3S2.C3H8O2.C2H6/c1-4-17(13-32-11-9-14(3)22)27(33-23)18-8-10-25-20(19(18)28(30)31)26-16-7-6-15(12-16)21(29)24-5-2;1-3(2,4)5;1-2/h8-11,15-17H,3-7,12-13H2,1-2H3,(H,24,29)(H,25,26);4-5H,1-2H3;1-2H3/b11-9-;;. The number of aliphatic hydroxyl groups is 2. The molecule has 3 atom stereocenters. The lowest BCUT2D eigenvalue weighted by molar-refractivity contribution is -0.383. The number of nitrogens with zero attached hydrogens (tertiary/aromatic N) is 3. The largest absolute Gasteiger partial charge is 0.366 e. The summed E-state index contributed by atoms with van der Waals surface area (Å²) in [6, 6.07) is 1.70. The molecule has 2 rings (SSSR count). The number of pyridine rings is 1. The van der Waals surface area contributed by atoms with Crippen LogP contribution in [0.5, 0.6) is 0 Å².